The number of aromatic nitrogens is 2. The fourth-order valence-electron chi connectivity index (χ4n) is 2.65. The molecule has 1 fully saturated rings. The SMILES string of the molecule is Cc1ccc(Nc2nc(C)cc(NCCN3CCOCC3)n2)cc1. The van der Waals surface area contributed by atoms with E-state index in [9.17, 15) is 0 Å². The van der Waals surface area contributed by atoms with Crippen molar-refractivity contribution >= 4 is 17.5 Å². The third kappa shape index (κ3) is 4.91. The molecule has 2 aromatic rings. The largest absolute Gasteiger partial charge is 0.379 e. The van der Waals surface area contributed by atoms with Crippen LogP contribution in [0.5, 0.6) is 0 Å². The maximum Gasteiger partial charge on any atom is 0.229 e. The standard InChI is InChI=1S/C18H25N5O/c1-14-3-5-16(6-4-14)21-18-20-15(2)13-17(22-18)19-7-8-23-9-11-24-12-10-23/h3-6,13H,7-12H2,1-2H3,(H2,19,20,21,22). The van der Waals surface area contributed by atoms with Gasteiger partial charge in [0.25, 0.3) is 0 Å². The monoisotopic (exact) mass is 327 g/mol. The van der Waals surface area contributed by atoms with Crippen molar-refractivity contribution in [2.45, 2.75) is 13.8 Å². The maximum atomic E-state index is 5.37. The molecule has 0 spiro atoms. The van der Waals surface area contributed by atoms with Crippen molar-refractivity contribution in [3.05, 3.63) is 41.6 Å². The highest BCUT2D eigenvalue weighted by molar-refractivity contribution is 5.55. The Labute approximate surface area is 143 Å². The second-order valence-electron chi connectivity index (χ2n) is 6.09. The maximum absolute atomic E-state index is 5.37. The van der Waals surface area contributed by atoms with Gasteiger partial charge >= 0.3 is 0 Å². The highest BCUT2D eigenvalue weighted by Gasteiger charge is 2.09. The van der Waals surface area contributed by atoms with Crippen LogP contribution < -0.4 is 10.6 Å². The Hall–Kier alpha value is -2.18. The second kappa shape index (κ2) is 8.08. The molecule has 1 aromatic carbocycles. The van der Waals surface area contributed by atoms with Crippen molar-refractivity contribution in [3.8, 4) is 0 Å². The molecule has 6 nitrogen and oxygen atoms in total. The predicted octanol–water partition coefficient (Wildman–Crippen LogP) is 2.58. The quantitative estimate of drug-likeness (QED) is 0.850. The van der Waals surface area contributed by atoms with E-state index in [1.165, 1.54) is 5.56 Å². The van der Waals surface area contributed by atoms with Gasteiger partial charge in [-0.3, -0.25) is 4.90 Å². The van der Waals surface area contributed by atoms with Gasteiger partial charge < -0.3 is 15.4 Å². The van der Waals surface area contributed by atoms with Crippen molar-refractivity contribution in [1.82, 2.24) is 14.9 Å². The molecule has 1 aliphatic rings. The fraction of sp³-hybridized carbons (Fsp3) is 0.444. The van der Waals surface area contributed by atoms with Gasteiger partial charge in [-0.2, -0.15) is 4.98 Å². The summed E-state index contributed by atoms with van der Waals surface area (Å²) >= 11 is 0. The number of anilines is 3. The Kier molecular flexibility index (Phi) is 5.61. The van der Waals surface area contributed by atoms with Gasteiger partial charge in [0, 0.05) is 43.6 Å². The minimum absolute atomic E-state index is 0.618. The average molecular weight is 327 g/mol. The third-order valence-electron chi connectivity index (χ3n) is 4.00. The normalized spacial score (nSPS) is 15.2. The van der Waals surface area contributed by atoms with E-state index in [1.807, 2.05) is 25.1 Å². The Morgan fingerprint density at radius 3 is 2.58 bits per heavy atom. The number of hydrogen-bond acceptors (Lipinski definition) is 6. The molecule has 3 rings (SSSR count). The first-order valence-corrected chi connectivity index (χ1v) is 8.42. The average Bonchev–Trinajstić information content (AvgIpc) is 2.57. The zero-order chi connectivity index (χ0) is 16.8. The topological polar surface area (TPSA) is 62.3 Å². The highest BCUT2D eigenvalue weighted by Crippen LogP contribution is 2.16. The molecule has 0 amide bonds. The molecule has 1 aromatic heterocycles. The van der Waals surface area contributed by atoms with Crippen LogP contribution in [0, 0.1) is 13.8 Å². The van der Waals surface area contributed by atoms with Crippen LogP contribution in [0.4, 0.5) is 17.5 Å². The van der Waals surface area contributed by atoms with E-state index in [4.69, 9.17) is 4.74 Å². The number of rotatable bonds is 6. The van der Waals surface area contributed by atoms with Crippen LogP contribution in [-0.2, 0) is 4.74 Å². The van der Waals surface area contributed by atoms with Gasteiger partial charge in [0.2, 0.25) is 5.95 Å². The van der Waals surface area contributed by atoms with E-state index in [-0.39, 0.29) is 0 Å². The number of ether oxygens (including phenoxy) is 1. The lowest BCUT2D eigenvalue weighted by Crippen LogP contribution is -2.39. The van der Waals surface area contributed by atoms with E-state index >= 15 is 0 Å². The highest BCUT2D eigenvalue weighted by atomic mass is 16.5. The van der Waals surface area contributed by atoms with E-state index < -0.39 is 0 Å². The molecule has 2 heterocycles. The van der Waals surface area contributed by atoms with Gasteiger partial charge in [-0.05, 0) is 26.0 Å². The van der Waals surface area contributed by atoms with E-state index in [0.717, 1.165) is 56.6 Å². The van der Waals surface area contributed by atoms with Gasteiger partial charge in [-0.1, -0.05) is 17.7 Å². The van der Waals surface area contributed by atoms with Crippen LogP contribution in [-0.4, -0.2) is 54.3 Å². The molecule has 0 aliphatic carbocycles. The molecule has 2 N–H and O–H groups in total. The molecule has 0 radical (unpaired) electrons. The summed E-state index contributed by atoms with van der Waals surface area (Å²) in [5, 5.41) is 6.66. The Balaban J connectivity index is 1.57. The van der Waals surface area contributed by atoms with Crippen LogP contribution in [0.1, 0.15) is 11.3 Å². The predicted molar refractivity (Wildman–Crippen MR) is 97.0 cm³/mol. The van der Waals surface area contributed by atoms with Crippen molar-refractivity contribution in [3.63, 3.8) is 0 Å². The first-order chi connectivity index (χ1) is 11.7. The summed E-state index contributed by atoms with van der Waals surface area (Å²) in [6.07, 6.45) is 0. The van der Waals surface area contributed by atoms with Crippen LogP contribution in [0.15, 0.2) is 30.3 Å². The lowest BCUT2D eigenvalue weighted by molar-refractivity contribution is 0.0398. The third-order valence-corrected chi connectivity index (χ3v) is 4.00. The summed E-state index contributed by atoms with van der Waals surface area (Å²) in [5.41, 5.74) is 3.16. The number of aryl methyl sites for hydroxylation is 2. The first-order valence-electron chi connectivity index (χ1n) is 8.42. The zero-order valence-corrected chi connectivity index (χ0v) is 14.4. The molecule has 1 saturated heterocycles. The number of morpholine rings is 1. The second-order valence-corrected chi connectivity index (χ2v) is 6.09. The fourth-order valence-corrected chi connectivity index (χ4v) is 2.65. The smallest absolute Gasteiger partial charge is 0.229 e. The summed E-state index contributed by atoms with van der Waals surface area (Å²) in [6.45, 7) is 9.58. The van der Waals surface area contributed by atoms with Gasteiger partial charge in [0.1, 0.15) is 5.82 Å². The van der Waals surface area contributed by atoms with Crippen LogP contribution in [0.3, 0.4) is 0 Å². The minimum atomic E-state index is 0.618. The Morgan fingerprint density at radius 1 is 1.08 bits per heavy atom. The van der Waals surface area contributed by atoms with E-state index in [0.29, 0.717) is 5.95 Å². The molecule has 0 unspecified atom stereocenters. The van der Waals surface area contributed by atoms with Gasteiger partial charge in [0.05, 0.1) is 13.2 Å². The number of nitrogens with zero attached hydrogens (tertiary/aromatic N) is 3. The molecular weight excluding hydrogens is 302 g/mol. The number of hydrogen-bond donors (Lipinski definition) is 2. The molecule has 1 aliphatic heterocycles. The summed E-state index contributed by atoms with van der Waals surface area (Å²) in [6, 6.07) is 10.2. The summed E-state index contributed by atoms with van der Waals surface area (Å²) in [7, 11) is 0. The van der Waals surface area contributed by atoms with Crippen LogP contribution in [0.25, 0.3) is 0 Å². The van der Waals surface area contributed by atoms with Gasteiger partial charge in [0.15, 0.2) is 0 Å². The molecule has 24 heavy (non-hydrogen) atoms. The molecular formula is C18H25N5O. The zero-order valence-electron chi connectivity index (χ0n) is 14.4. The minimum Gasteiger partial charge on any atom is -0.379 e. The Morgan fingerprint density at radius 2 is 1.83 bits per heavy atom. The van der Waals surface area contributed by atoms with E-state index in [1.54, 1.807) is 0 Å². The van der Waals surface area contributed by atoms with Gasteiger partial charge in [-0.25, -0.2) is 4.98 Å². The van der Waals surface area contributed by atoms with Crippen molar-refractivity contribution in [1.29, 1.82) is 0 Å². The van der Waals surface area contributed by atoms with Gasteiger partial charge in [-0.15, -0.1) is 0 Å². The van der Waals surface area contributed by atoms with Crippen molar-refractivity contribution in [2.75, 3.05) is 50.0 Å². The lowest BCUT2D eigenvalue weighted by atomic mass is 10.2. The Bertz CT molecular complexity index is 653. The molecule has 0 saturated carbocycles. The first kappa shape index (κ1) is 16.7. The van der Waals surface area contributed by atoms with Crippen LogP contribution >= 0.6 is 0 Å². The van der Waals surface area contributed by atoms with Crippen molar-refractivity contribution < 1.29 is 4.74 Å². The number of nitrogens with one attached hydrogen (secondary N) is 2. The molecule has 0 atom stereocenters. The van der Waals surface area contributed by atoms with E-state index in [2.05, 4.69) is 44.6 Å². The lowest BCUT2D eigenvalue weighted by Gasteiger charge is -2.26. The summed E-state index contributed by atoms with van der Waals surface area (Å²) in [5.74, 6) is 1.47. The number of benzene rings is 1. The molecule has 6 heteroatoms. The summed E-state index contributed by atoms with van der Waals surface area (Å²) in [4.78, 5) is 11.4. The van der Waals surface area contributed by atoms with Crippen molar-refractivity contribution in [2.24, 2.45) is 0 Å². The molecule has 128 valence electrons. The van der Waals surface area contributed by atoms with Crippen LogP contribution in [0.2, 0.25) is 0 Å². The molecule has 0 bridgehead atoms. The summed E-state index contributed by atoms with van der Waals surface area (Å²) < 4.78 is 5.37.